The lowest BCUT2D eigenvalue weighted by molar-refractivity contribution is -0.129. The van der Waals surface area contributed by atoms with Gasteiger partial charge in [0.15, 0.2) is 0 Å². The van der Waals surface area contributed by atoms with E-state index < -0.39 is 0 Å². The Bertz CT molecular complexity index is 309. The van der Waals surface area contributed by atoms with Gasteiger partial charge in [-0.3, -0.25) is 9.69 Å². The molecule has 1 aliphatic heterocycles. The van der Waals surface area contributed by atoms with Gasteiger partial charge in [0, 0.05) is 6.54 Å². The number of amides is 1. The predicted molar refractivity (Wildman–Crippen MR) is 64.0 cm³/mol. The molecule has 1 saturated heterocycles. The number of nitrogens with two attached hydrogens (primary N) is 1. The van der Waals surface area contributed by atoms with Gasteiger partial charge in [-0.15, -0.1) is 0 Å². The molecule has 1 aliphatic rings. The van der Waals surface area contributed by atoms with Gasteiger partial charge in [-0.1, -0.05) is 0 Å². The molecule has 17 heavy (non-hydrogen) atoms. The molecule has 0 aromatic rings. The number of primary amides is 1. The minimum atomic E-state index is -0.329. The highest BCUT2D eigenvalue weighted by molar-refractivity contribution is 5.80. The van der Waals surface area contributed by atoms with Crippen molar-refractivity contribution in [2.24, 2.45) is 11.1 Å². The van der Waals surface area contributed by atoms with E-state index in [0.717, 1.165) is 25.9 Å². The lowest BCUT2D eigenvalue weighted by Gasteiger charge is -2.33. The fraction of sp³-hybridized carbons (Fsp3) is 0.833. The van der Waals surface area contributed by atoms with E-state index in [4.69, 9.17) is 15.7 Å². The summed E-state index contributed by atoms with van der Waals surface area (Å²) in [6.45, 7) is 6.42. The first kappa shape index (κ1) is 13.9. The number of hydrogen-bond donors (Lipinski definition) is 1. The molecule has 0 bridgehead atoms. The van der Waals surface area contributed by atoms with Crippen molar-refractivity contribution in [3.63, 3.8) is 0 Å². The summed E-state index contributed by atoms with van der Waals surface area (Å²) in [6, 6.07) is 1.97. The average molecular weight is 239 g/mol. The van der Waals surface area contributed by atoms with E-state index in [9.17, 15) is 4.79 Å². The van der Waals surface area contributed by atoms with Crippen molar-refractivity contribution in [3.05, 3.63) is 0 Å². The topological polar surface area (TPSA) is 79.3 Å². The van der Waals surface area contributed by atoms with Crippen LogP contribution < -0.4 is 5.73 Å². The van der Waals surface area contributed by atoms with Crippen molar-refractivity contribution in [1.29, 1.82) is 5.26 Å². The molecule has 0 spiro atoms. The molecule has 1 heterocycles. The van der Waals surface area contributed by atoms with Crippen LogP contribution in [0.5, 0.6) is 0 Å². The van der Waals surface area contributed by atoms with E-state index in [-0.39, 0.29) is 17.4 Å². The van der Waals surface area contributed by atoms with Gasteiger partial charge in [-0.2, -0.15) is 5.26 Å². The van der Waals surface area contributed by atoms with Crippen molar-refractivity contribution in [2.45, 2.75) is 32.7 Å². The number of nitrogens with zero attached hydrogens (tertiary/aromatic N) is 2. The normalized spacial score (nSPS) is 22.1. The third-order valence-corrected chi connectivity index (χ3v) is 3.12. The third kappa shape index (κ3) is 4.33. The monoisotopic (exact) mass is 239 g/mol. The lowest BCUT2D eigenvalue weighted by atomic mass is 9.89. The fourth-order valence-electron chi connectivity index (χ4n) is 1.95. The molecular weight excluding hydrogens is 218 g/mol. The highest BCUT2D eigenvalue weighted by Gasteiger charge is 2.27. The van der Waals surface area contributed by atoms with Crippen LogP contribution in [0.2, 0.25) is 0 Å². The van der Waals surface area contributed by atoms with Crippen LogP contribution in [-0.2, 0) is 9.53 Å². The molecule has 96 valence electrons. The summed E-state index contributed by atoms with van der Waals surface area (Å²) in [5.41, 5.74) is 5.03. The van der Waals surface area contributed by atoms with Crippen LogP contribution in [0.25, 0.3) is 0 Å². The molecular formula is C12H21N3O2. The summed E-state index contributed by atoms with van der Waals surface area (Å²) in [4.78, 5) is 13.3. The maximum absolute atomic E-state index is 11.2. The molecule has 5 nitrogen and oxygen atoms in total. The molecule has 5 heteroatoms. The summed E-state index contributed by atoms with van der Waals surface area (Å²) in [6.07, 6.45) is 1.72. The van der Waals surface area contributed by atoms with Gasteiger partial charge in [0.25, 0.3) is 0 Å². The third-order valence-electron chi connectivity index (χ3n) is 3.12. The van der Waals surface area contributed by atoms with Crippen molar-refractivity contribution >= 4 is 5.91 Å². The molecule has 0 aliphatic carbocycles. The Labute approximate surface area is 103 Å². The largest absolute Gasteiger partial charge is 0.378 e. The number of nitriles is 1. The first-order valence-electron chi connectivity index (χ1n) is 5.98. The second-order valence-corrected chi connectivity index (χ2v) is 5.13. The minimum absolute atomic E-state index is 0.297. The van der Waals surface area contributed by atoms with Gasteiger partial charge in [-0.05, 0) is 33.2 Å². The van der Waals surface area contributed by atoms with Gasteiger partial charge >= 0.3 is 0 Å². The van der Waals surface area contributed by atoms with Crippen LogP contribution in [0.1, 0.15) is 26.7 Å². The molecule has 1 rings (SSSR count). The number of morpholine rings is 1. The zero-order valence-corrected chi connectivity index (χ0v) is 10.6. The van der Waals surface area contributed by atoms with Crippen molar-refractivity contribution in [2.75, 3.05) is 26.3 Å². The smallest absolute Gasteiger partial charge is 0.237 e. The molecule has 1 amide bonds. The van der Waals surface area contributed by atoms with Gasteiger partial charge in [-0.25, -0.2) is 0 Å². The van der Waals surface area contributed by atoms with E-state index >= 15 is 0 Å². The Hall–Kier alpha value is -1.12. The SMILES string of the molecule is CC(C)(C#N)CCCN1CCOCC1C(N)=O. The van der Waals surface area contributed by atoms with E-state index in [0.29, 0.717) is 13.2 Å². The Kier molecular flexibility index (Phi) is 4.91. The van der Waals surface area contributed by atoms with Crippen LogP contribution in [0.4, 0.5) is 0 Å². The first-order valence-corrected chi connectivity index (χ1v) is 5.98. The standard InChI is InChI=1S/C12H21N3O2/c1-12(2,9-13)4-3-5-15-6-7-17-8-10(15)11(14)16/h10H,3-8H2,1-2H3,(H2,14,16). The van der Waals surface area contributed by atoms with Crippen molar-refractivity contribution < 1.29 is 9.53 Å². The second kappa shape index (κ2) is 5.99. The molecule has 0 radical (unpaired) electrons. The first-order chi connectivity index (χ1) is 7.96. The van der Waals surface area contributed by atoms with Crippen molar-refractivity contribution in [1.82, 2.24) is 4.90 Å². The average Bonchev–Trinajstić information content (AvgIpc) is 2.29. The predicted octanol–water partition coefficient (Wildman–Crippen LogP) is 0.502. The molecule has 1 atom stereocenters. The van der Waals surface area contributed by atoms with Crippen LogP contribution >= 0.6 is 0 Å². The van der Waals surface area contributed by atoms with E-state index in [2.05, 4.69) is 11.0 Å². The molecule has 2 N–H and O–H groups in total. The summed E-state index contributed by atoms with van der Waals surface area (Å²) in [5, 5.41) is 8.91. The highest BCUT2D eigenvalue weighted by atomic mass is 16.5. The zero-order chi connectivity index (χ0) is 12.9. The Balaban J connectivity index is 2.39. The quantitative estimate of drug-likeness (QED) is 0.757. The Morgan fingerprint density at radius 2 is 2.35 bits per heavy atom. The molecule has 1 fully saturated rings. The van der Waals surface area contributed by atoms with E-state index in [1.807, 2.05) is 13.8 Å². The molecule has 0 aromatic carbocycles. The zero-order valence-electron chi connectivity index (χ0n) is 10.6. The second-order valence-electron chi connectivity index (χ2n) is 5.13. The number of carbonyl (C=O) groups excluding carboxylic acids is 1. The van der Waals surface area contributed by atoms with Crippen LogP contribution in [0.15, 0.2) is 0 Å². The Morgan fingerprint density at radius 1 is 1.65 bits per heavy atom. The summed E-state index contributed by atoms with van der Waals surface area (Å²) < 4.78 is 5.25. The number of hydrogen-bond acceptors (Lipinski definition) is 4. The highest BCUT2D eigenvalue weighted by Crippen LogP contribution is 2.21. The van der Waals surface area contributed by atoms with E-state index in [1.54, 1.807) is 0 Å². The summed E-state index contributed by atoms with van der Waals surface area (Å²) in [7, 11) is 0. The number of ether oxygens (including phenoxy) is 1. The van der Waals surface area contributed by atoms with Crippen LogP contribution in [0, 0.1) is 16.7 Å². The number of carbonyl (C=O) groups is 1. The van der Waals surface area contributed by atoms with E-state index in [1.165, 1.54) is 0 Å². The van der Waals surface area contributed by atoms with Crippen LogP contribution in [0.3, 0.4) is 0 Å². The summed E-state index contributed by atoms with van der Waals surface area (Å²) >= 11 is 0. The Morgan fingerprint density at radius 3 is 2.94 bits per heavy atom. The fourth-order valence-corrected chi connectivity index (χ4v) is 1.95. The lowest BCUT2D eigenvalue weighted by Crippen LogP contribution is -2.52. The summed E-state index contributed by atoms with van der Waals surface area (Å²) in [5.74, 6) is -0.329. The molecule has 1 unspecified atom stereocenters. The van der Waals surface area contributed by atoms with Crippen LogP contribution in [-0.4, -0.2) is 43.2 Å². The maximum Gasteiger partial charge on any atom is 0.237 e. The minimum Gasteiger partial charge on any atom is -0.378 e. The number of rotatable bonds is 5. The molecule has 0 aromatic heterocycles. The van der Waals surface area contributed by atoms with Gasteiger partial charge in [0.05, 0.1) is 24.7 Å². The van der Waals surface area contributed by atoms with Gasteiger partial charge in [0.2, 0.25) is 5.91 Å². The maximum atomic E-state index is 11.2. The van der Waals surface area contributed by atoms with Crippen molar-refractivity contribution in [3.8, 4) is 6.07 Å². The van der Waals surface area contributed by atoms with Gasteiger partial charge in [0.1, 0.15) is 6.04 Å². The molecule has 0 saturated carbocycles. The van der Waals surface area contributed by atoms with Gasteiger partial charge < -0.3 is 10.5 Å².